The molecular formula is C17H14ClNO. The van der Waals surface area contributed by atoms with Gasteiger partial charge < -0.3 is 5.11 Å². The van der Waals surface area contributed by atoms with Gasteiger partial charge in [-0.25, -0.2) is 0 Å². The highest BCUT2D eigenvalue weighted by Crippen LogP contribution is 2.26. The van der Waals surface area contributed by atoms with Crippen molar-refractivity contribution >= 4 is 22.5 Å². The van der Waals surface area contributed by atoms with E-state index < -0.39 is 6.10 Å². The van der Waals surface area contributed by atoms with Crippen LogP contribution in [0.4, 0.5) is 0 Å². The summed E-state index contributed by atoms with van der Waals surface area (Å²) in [6.45, 7) is 1.97. The average Bonchev–Trinajstić information content (AvgIpc) is 2.46. The number of aryl methyl sites for hydroxylation is 1. The van der Waals surface area contributed by atoms with Crippen molar-refractivity contribution in [3.63, 3.8) is 0 Å². The third-order valence-corrected chi connectivity index (χ3v) is 3.57. The highest BCUT2D eigenvalue weighted by molar-refractivity contribution is 6.30. The van der Waals surface area contributed by atoms with Crippen molar-refractivity contribution in [2.75, 3.05) is 0 Å². The molecule has 0 aliphatic carbocycles. The summed E-state index contributed by atoms with van der Waals surface area (Å²) in [4.78, 5) is 4.46. The Morgan fingerprint density at radius 3 is 2.60 bits per heavy atom. The van der Waals surface area contributed by atoms with Gasteiger partial charge in [0.1, 0.15) is 6.10 Å². The van der Waals surface area contributed by atoms with Crippen LogP contribution in [0.5, 0.6) is 0 Å². The fraction of sp³-hybridized carbons (Fsp3) is 0.118. The molecule has 3 rings (SSSR count). The van der Waals surface area contributed by atoms with Crippen LogP contribution in [0.1, 0.15) is 22.9 Å². The minimum absolute atomic E-state index is 0.625. The molecule has 0 fully saturated rings. The maximum atomic E-state index is 10.5. The molecule has 0 amide bonds. The zero-order valence-corrected chi connectivity index (χ0v) is 11.8. The number of aromatic nitrogens is 1. The molecule has 100 valence electrons. The van der Waals surface area contributed by atoms with Crippen LogP contribution in [0.25, 0.3) is 10.9 Å². The van der Waals surface area contributed by atoms with Crippen molar-refractivity contribution in [2.24, 2.45) is 0 Å². The second kappa shape index (κ2) is 5.23. The molecule has 0 spiro atoms. The molecular weight excluding hydrogens is 270 g/mol. The van der Waals surface area contributed by atoms with Gasteiger partial charge in [-0.2, -0.15) is 0 Å². The van der Waals surface area contributed by atoms with Gasteiger partial charge in [0.15, 0.2) is 0 Å². The van der Waals surface area contributed by atoms with E-state index in [2.05, 4.69) is 4.98 Å². The monoisotopic (exact) mass is 283 g/mol. The molecule has 1 unspecified atom stereocenters. The molecule has 1 N–H and O–H groups in total. The summed E-state index contributed by atoms with van der Waals surface area (Å²) in [6, 6.07) is 17.1. The van der Waals surface area contributed by atoms with Crippen LogP contribution >= 0.6 is 11.6 Å². The van der Waals surface area contributed by atoms with E-state index in [9.17, 15) is 5.11 Å². The van der Waals surface area contributed by atoms with Gasteiger partial charge in [0.05, 0.1) is 5.52 Å². The first kappa shape index (κ1) is 13.1. The van der Waals surface area contributed by atoms with Crippen LogP contribution in [0.3, 0.4) is 0 Å². The number of benzene rings is 2. The third kappa shape index (κ3) is 2.53. The van der Waals surface area contributed by atoms with Gasteiger partial charge in [0.2, 0.25) is 0 Å². The molecule has 0 bridgehead atoms. The van der Waals surface area contributed by atoms with Gasteiger partial charge in [0, 0.05) is 16.1 Å². The first-order chi connectivity index (χ1) is 9.63. The van der Waals surface area contributed by atoms with Crippen molar-refractivity contribution < 1.29 is 5.11 Å². The van der Waals surface area contributed by atoms with Crippen LogP contribution in [-0.2, 0) is 0 Å². The van der Waals surface area contributed by atoms with Gasteiger partial charge in [-0.05, 0) is 48.4 Å². The molecule has 0 saturated carbocycles. The molecule has 1 aromatic heterocycles. The lowest BCUT2D eigenvalue weighted by Gasteiger charge is -2.12. The summed E-state index contributed by atoms with van der Waals surface area (Å²) in [5.74, 6) is 0. The predicted octanol–water partition coefficient (Wildman–Crippen LogP) is 4.28. The molecule has 0 aliphatic heterocycles. The molecule has 0 radical (unpaired) electrons. The van der Waals surface area contributed by atoms with Crippen LogP contribution < -0.4 is 0 Å². The van der Waals surface area contributed by atoms with E-state index in [4.69, 9.17) is 11.6 Å². The number of hydrogen-bond acceptors (Lipinski definition) is 2. The van der Waals surface area contributed by atoms with Gasteiger partial charge in [0.25, 0.3) is 0 Å². The van der Waals surface area contributed by atoms with Gasteiger partial charge >= 0.3 is 0 Å². The number of nitrogens with zero attached hydrogens (tertiary/aromatic N) is 1. The van der Waals surface area contributed by atoms with E-state index >= 15 is 0 Å². The number of aliphatic hydroxyl groups is 1. The molecule has 3 heteroatoms. The summed E-state index contributed by atoms with van der Waals surface area (Å²) in [5, 5.41) is 12.1. The molecule has 1 atom stereocenters. The SMILES string of the molecule is Cc1ccc2cc(C(O)c3cccc(Cl)c3)ccc2n1. The lowest BCUT2D eigenvalue weighted by molar-refractivity contribution is 0.220. The second-order valence-electron chi connectivity index (χ2n) is 4.86. The highest BCUT2D eigenvalue weighted by Gasteiger charge is 2.11. The smallest absolute Gasteiger partial charge is 0.104 e. The zero-order valence-electron chi connectivity index (χ0n) is 11.0. The molecule has 0 saturated heterocycles. The Hall–Kier alpha value is -1.90. The Kier molecular flexibility index (Phi) is 3.43. The van der Waals surface area contributed by atoms with E-state index in [0.29, 0.717) is 5.02 Å². The van der Waals surface area contributed by atoms with Gasteiger partial charge in [-0.3, -0.25) is 4.98 Å². The lowest BCUT2D eigenvalue weighted by atomic mass is 10.00. The fourth-order valence-corrected chi connectivity index (χ4v) is 2.48. The Bertz CT molecular complexity index is 770. The van der Waals surface area contributed by atoms with E-state index in [-0.39, 0.29) is 0 Å². The summed E-state index contributed by atoms with van der Waals surface area (Å²) in [6.07, 6.45) is -0.681. The molecule has 2 aromatic carbocycles. The topological polar surface area (TPSA) is 33.1 Å². The van der Waals surface area contributed by atoms with Crippen LogP contribution in [0, 0.1) is 6.92 Å². The normalized spacial score (nSPS) is 12.6. The van der Waals surface area contributed by atoms with E-state index in [1.165, 1.54) is 0 Å². The zero-order chi connectivity index (χ0) is 14.1. The predicted molar refractivity (Wildman–Crippen MR) is 82.0 cm³/mol. The maximum absolute atomic E-state index is 10.5. The minimum atomic E-state index is -0.681. The summed E-state index contributed by atoms with van der Waals surface area (Å²) in [5.41, 5.74) is 3.55. The number of fused-ring (bicyclic) bond motifs is 1. The summed E-state index contributed by atoms with van der Waals surface area (Å²) in [7, 11) is 0. The minimum Gasteiger partial charge on any atom is -0.384 e. The van der Waals surface area contributed by atoms with Crippen molar-refractivity contribution in [3.05, 3.63) is 76.4 Å². The molecule has 0 aliphatic rings. The number of rotatable bonds is 2. The van der Waals surface area contributed by atoms with Crippen molar-refractivity contribution in [1.82, 2.24) is 4.98 Å². The summed E-state index contributed by atoms with van der Waals surface area (Å²) < 4.78 is 0. The first-order valence-corrected chi connectivity index (χ1v) is 6.82. The Morgan fingerprint density at radius 2 is 1.80 bits per heavy atom. The molecule has 2 nitrogen and oxygen atoms in total. The standard InChI is InChI=1S/C17H14ClNO/c1-11-5-6-12-9-14(7-8-16(12)19-11)17(20)13-3-2-4-15(18)10-13/h2-10,17,20H,1H3. The fourth-order valence-electron chi connectivity index (χ4n) is 2.29. The Labute approximate surface area is 122 Å². The maximum Gasteiger partial charge on any atom is 0.104 e. The largest absolute Gasteiger partial charge is 0.384 e. The lowest BCUT2D eigenvalue weighted by Crippen LogP contribution is -1.99. The summed E-state index contributed by atoms with van der Waals surface area (Å²) >= 11 is 5.97. The van der Waals surface area contributed by atoms with Crippen LogP contribution in [0.2, 0.25) is 5.02 Å². The number of hydrogen-bond donors (Lipinski definition) is 1. The Morgan fingerprint density at radius 1 is 1.00 bits per heavy atom. The van der Waals surface area contributed by atoms with Gasteiger partial charge in [-0.15, -0.1) is 0 Å². The van der Waals surface area contributed by atoms with E-state index in [1.54, 1.807) is 12.1 Å². The number of pyridine rings is 1. The van der Waals surface area contributed by atoms with E-state index in [1.807, 2.05) is 49.4 Å². The second-order valence-corrected chi connectivity index (χ2v) is 5.30. The highest BCUT2D eigenvalue weighted by atomic mass is 35.5. The van der Waals surface area contributed by atoms with Crippen molar-refractivity contribution in [2.45, 2.75) is 13.0 Å². The number of aliphatic hydroxyl groups excluding tert-OH is 1. The first-order valence-electron chi connectivity index (χ1n) is 6.44. The molecule has 20 heavy (non-hydrogen) atoms. The molecule has 1 heterocycles. The average molecular weight is 284 g/mol. The Balaban J connectivity index is 2.03. The van der Waals surface area contributed by atoms with Crippen LogP contribution in [-0.4, -0.2) is 10.1 Å². The van der Waals surface area contributed by atoms with Crippen LogP contribution in [0.15, 0.2) is 54.6 Å². The van der Waals surface area contributed by atoms with E-state index in [0.717, 1.165) is 27.7 Å². The van der Waals surface area contributed by atoms with Gasteiger partial charge in [-0.1, -0.05) is 35.9 Å². The van der Waals surface area contributed by atoms with Crippen molar-refractivity contribution in [3.8, 4) is 0 Å². The number of halogens is 1. The quantitative estimate of drug-likeness (QED) is 0.761. The van der Waals surface area contributed by atoms with Crippen molar-refractivity contribution in [1.29, 1.82) is 0 Å². The molecule has 3 aromatic rings. The third-order valence-electron chi connectivity index (χ3n) is 3.33.